The highest BCUT2D eigenvalue weighted by atomic mass is 16.6. The lowest BCUT2D eigenvalue weighted by atomic mass is 9.84. The van der Waals surface area contributed by atoms with Crippen molar-refractivity contribution in [2.75, 3.05) is 0 Å². The molecule has 36 heavy (non-hydrogen) atoms. The zero-order valence-corrected chi connectivity index (χ0v) is 21.7. The summed E-state index contributed by atoms with van der Waals surface area (Å²) >= 11 is 0. The van der Waals surface area contributed by atoms with Crippen LogP contribution in [0.2, 0.25) is 0 Å². The monoisotopic (exact) mass is 489 g/mol. The third kappa shape index (κ3) is 11.0. The summed E-state index contributed by atoms with van der Waals surface area (Å²) in [5.41, 5.74) is 2.07. The molecule has 0 aromatic heterocycles. The molecule has 192 valence electrons. The second kappa shape index (κ2) is 16.4. The minimum atomic E-state index is -0.591. The number of hydrogen-bond donors (Lipinski definition) is 0. The third-order valence-corrected chi connectivity index (χ3v) is 6.42. The zero-order valence-electron chi connectivity index (χ0n) is 21.7. The molecular weight excluding hydrogens is 450 g/mol. The number of ether oxygens (including phenoxy) is 1. The molecule has 0 bridgehead atoms. The van der Waals surface area contributed by atoms with E-state index in [1.165, 1.54) is 62.8 Å². The number of benzene rings is 1. The van der Waals surface area contributed by atoms with Crippen LogP contribution >= 0.6 is 0 Å². The predicted octanol–water partition coefficient (Wildman–Crippen LogP) is 7.96. The van der Waals surface area contributed by atoms with E-state index in [1.54, 1.807) is 0 Å². The second-order valence-electron chi connectivity index (χ2n) is 9.44. The molecule has 0 saturated heterocycles. The molecule has 0 aliphatic heterocycles. The lowest BCUT2D eigenvalue weighted by Crippen LogP contribution is -2.17. The summed E-state index contributed by atoms with van der Waals surface area (Å²) in [5, 5.41) is 10.9. The van der Waals surface area contributed by atoms with E-state index in [-0.39, 0.29) is 11.3 Å². The average Bonchev–Trinajstić information content (AvgIpc) is 2.89. The Balaban J connectivity index is 1.96. The molecule has 2 rings (SSSR count). The number of rotatable bonds is 12. The topological polar surface area (TPSA) is 69.4 Å². The van der Waals surface area contributed by atoms with Gasteiger partial charge in [0.15, 0.2) is 6.10 Å². The summed E-state index contributed by atoms with van der Waals surface area (Å²) in [4.78, 5) is 23.1. The molecule has 1 aliphatic carbocycles. The molecular formula is C31H39NO4. The van der Waals surface area contributed by atoms with Crippen molar-refractivity contribution in [3.8, 4) is 23.7 Å². The van der Waals surface area contributed by atoms with Gasteiger partial charge in [-0.05, 0) is 67.7 Å². The van der Waals surface area contributed by atoms with Crippen molar-refractivity contribution in [3.05, 3.63) is 64.2 Å². The molecule has 1 fully saturated rings. The number of unbranched alkanes of at least 4 members (excludes halogenated alkanes) is 4. The van der Waals surface area contributed by atoms with E-state index in [4.69, 9.17) is 4.74 Å². The first-order chi connectivity index (χ1) is 17.4. The van der Waals surface area contributed by atoms with Crippen LogP contribution < -0.4 is 0 Å². The SMILES string of the molecule is C=C(C#CCCCC(C#CC(=C)C1CCCCC1)OC(=O)c1ccc([N+](=O)[O-])cc1)CCCCCC. The number of esters is 1. The normalized spacial score (nSPS) is 13.9. The number of carbonyl (C=O) groups is 1. The lowest BCUT2D eigenvalue weighted by molar-refractivity contribution is -0.384. The van der Waals surface area contributed by atoms with Gasteiger partial charge >= 0.3 is 5.97 Å². The Hall–Kier alpha value is -3.31. The van der Waals surface area contributed by atoms with Gasteiger partial charge in [0.25, 0.3) is 5.69 Å². The Morgan fingerprint density at radius 2 is 1.81 bits per heavy atom. The van der Waals surface area contributed by atoms with E-state index in [1.807, 2.05) is 0 Å². The van der Waals surface area contributed by atoms with Crippen molar-refractivity contribution >= 4 is 11.7 Å². The van der Waals surface area contributed by atoms with E-state index < -0.39 is 17.0 Å². The first kappa shape index (κ1) is 28.9. The fourth-order valence-electron chi connectivity index (χ4n) is 4.19. The Morgan fingerprint density at radius 1 is 1.08 bits per heavy atom. The fraction of sp³-hybridized carbons (Fsp3) is 0.516. The molecule has 1 aromatic rings. The summed E-state index contributed by atoms with van der Waals surface area (Å²) in [5.74, 6) is 12.5. The maximum Gasteiger partial charge on any atom is 0.339 e. The van der Waals surface area contributed by atoms with E-state index in [2.05, 4.69) is 43.8 Å². The van der Waals surface area contributed by atoms with Gasteiger partial charge in [0.05, 0.1) is 10.5 Å². The Morgan fingerprint density at radius 3 is 2.47 bits per heavy atom. The maximum atomic E-state index is 12.7. The van der Waals surface area contributed by atoms with Crippen LogP contribution in [0, 0.1) is 39.7 Å². The molecule has 5 nitrogen and oxygen atoms in total. The summed E-state index contributed by atoms with van der Waals surface area (Å²) in [7, 11) is 0. The van der Waals surface area contributed by atoms with Crippen LogP contribution in [-0.2, 0) is 4.74 Å². The molecule has 0 spiro atoms. The van der Waals surface area contributed by atoms with Crippen LogP contribution in [0.3, 0.4) is 0 Å². The van der Waals surface area contributed by atoms with Crippen LogP contribution in [0.5, 0.6) is 0 Å². The van der Waals surface area contributed by atoms with Gasteiger partial charge in [0.2, 0.25) is 0 Å². The summed E-state index contributed by atoms with van der Waals surface area (Å²) in [6.45, 7) is 10.4. The molecule has 1 saturated carbocycles. The average molecular weight is 490 g/mol. The van der Waals surface area contributed by atoms with Crippen molar-refractivity contribution in [1.82, 2.24) is 0 Å². The van der Waals surface area contributed by atoms with Gasteiger partial charge < -0.3 is 4.74 Å². The Labute approximate surface area is 216 Å². The second-order valence-corrected chi connectivity index (χ2v) is 9.44. The number of nitro benzene ring substituents is 1. The predicted molar refractivity (Wildman–Crippen MR) is 145 cm³/mol. The Kier molecular flexibility index (Phi) is 13.2. The molecule has 1 aromatic carbocycles. The molecule has 1 unspecified atom stereocenters. The molecule has 0 amide bonds. The van der Waals surface area contributed by atoms with E-state index >= 15 is 0 Å². The van der Waals surface area contributed by atoms with Crippen LogP contribution in [-0.4, -0.2) is 17.0 Å². The molecule has 0 N–H and O–H groups in total. The van der Waals surface area contributed by atoms with E-state index in [0.717, 1.165) is 43.3 Å². The summed E-state index contributed by atoms with van der Waals surface area (Å²) in [6, 6.07) is 5.41. The van der Waals surface area contributed by atoms with Crippen LogP contribution in [0.25, 0.3) is 0 Å². The first-order valence-electron chi connectivity index (χ1n) is 13.2. The lowest BCUT2D eigenvalue weighted by Gasteiger charge is -2.20. The standard InChI is InChI=1S/C31H39NO4/c1-4-5-6-9-14-25(2)15-10-7-13-18-30(24-19-26(3)27-16-11-8-12-17-27)36-31(33)28-20-22-29(23-21-28)32(34)35/h20-23,27,30H,2-9,11-14,16-18H2,1H3. The van der Waals surface area contributed by atoms with Gasteiger partial charge in [-0.2, -0.15) is 0 Å². The molecule has 0 heterocycles. The van der Waals surface area contributed by atoms with Gasteiger partial charge in [0.1, 0.15) is 0 Å². The summed E-state index contributed by atoms with van der Waals surface area (Å²) < 4.78 is 5.69. The van der Waals surface area contributed by atoms with Crippen molar-refractivity contribution in [3.63, 3.8) is 0 Å². The molecule has 1 atom stereocenters. The smallest absolute Gasteiger partial charge is 0.339 e. The Bertz CT molecular complexity index is 1010. The van der Waals surface area contributed by atoms with Gasteiger partial charge in [-0.3, -0.25) is 10.1 Å². The largest absolute Gasteiger partial charge is 0.446 e. The maximum absolute atomic E-state index is 12.7. The minimum Gasteiger partial charge on any atom is -0.446 e. The number of carbonyl (C=O) groups excluding carboxylic acids is 1. The van der Waals surface area contributed by atoms with E-state index in [9.17, 15) is 14.9 Å². The van der Waals surface area contributed by atoms with Crippen LogP contribution in [0.15, 0.2) is 48.6 Å². The van der Waals surface area contributed by atoms with Gasteiger partial charge in [-0.15, -0.1) is 0 Å². The molecule has 0 radical (unpaired) electrons. The first-order valence-corrected chi connectivity index (χ1v) is 13.2. The third-order valence-electron chi connectivity index (χ3n) is 6.42. The highest BCUT2D eigenvalue weighted by molar-refractivity contribution is 5.89. The number of hydrogen-bond acceptors (Lipinski definition) is 4. The zero-order chi connectivity index (χ0) is 26.2. The number of nitrogens with zero attached hydrogens (tertiary/aromatic N) is 1. The van der Waals surface area contributed by atoms with Crippen molar-refractivity contribution in [2.45, 2.75) is 96.5 Å². The van der Waals surface area contributed by atoms with Crippen LogP contribution in [0.1, 0.15) is 101 Å². The van der Waals surface area contributed by atoms with Crippen molar-refractivity contribution < 1.29 is 14.5 Å². The summed E-state index contributed by atoms with van der Waals surface area (Å²) in [6.07, 6.45) is 13.0. The highest BCUT2D eigenvalue weighted by Gasteiger charge is 2.17. The van der Waals surface area contributed by atoms with Crippen molar-refractivity contribution in [1.29, 1.82) is 0 Å². The minimum absolute atomic E-state index is 0.0720. The van der Waals surface area contributed by atoms with E-state index in [0.29, 0.717) is 18.8 Å². The number of non-ortho nitro benzene ring substituents is 1. The molecule has 1 aliphatic rings. The van der Waals surface area contributed by atoms with Crippen LogP contribution in [0.4, 0.5) is 5.69 Å². The van der Waals surface area contributed by atoms with Gasteiger partial charge in [-0.1, -0.05) is 82.3 Å². The number of nitro groups is 1. The fourth-order valence-corrected chi connectivity index (χ4v) is 4.19. The van der Waals surface area contributed by atoms with Gasteiger partial charge in [-0.25, -0.2) is 4.79 Å². The highest BCUT2D eigenvalue weighted by Crippen LogP contribution is 2.28. The molecule has 5 heteroatoms. The quantitative estimate of drug-likeness (QED) is 0.0981. The number of allylic oxidation sites excluding steroid dienone is 2. The van der Waals surface area contributed by atoms with Gasteiger partial charge in [0, 0.05) is 18.6 Å². The van der Waals surface area contributed by atoms with Crippen molar-refractivity contribution in [2.24, 2.45) is 5.92 Å².